The molecule has 0 atom stereocenters. The summed E-state index contributed by atoms with van der Waals surface area (Å²) in [6.07, 6.45) is 0. The van der Waals surface area contributed by atoms with Crippen molar-refractivity contribution in [3.8, 4) is 0 Å². The van der Waals surface area contributed by atoms with E-state index in [1.54, 1.807) is 12.1 Å². The van der Waals surface area contributed by atoms with Gasteiger partial charge in [0.1, 0.15) is 5.01 Å². The molecule has 0 radical (unpaired) electrons. The van der Waals surface area contributed by atoms with Crippen LogP contribution in [0.4, 0.5) is 0 Å². The number of hydrogen-bond donors (Lipinski definition) is 2. The zero-order valence-electron chi connectivity index (χ0n) is 10.5. The van der Waals surface area contributed by atoms with Gasteiger partial charge in [0.05, 0.1) is 17.1 Å². The number of aromatic nitrogens is 1. The first-order chi connectivity index (χ1) is 9.49. The highest BCUT2D eigenvalue weighted by Gasteiger charge is 2.13. The molecule has 0 aliphatic rings. The van der Waals surface area contributed by atoms with Gasteiger partial charge in [0, 0.05) is 5.38 Å². The number of hydrogen-bond acceptors (Lipinski definition) is 4. The maximum Gasteiger partial charge on any atom is 0.355 e. The van der Waals surface area contributed by atoms with Crippen molar-refractivity contribution >= 4 is 34.8 Å². The quantitative estimate of drug-likeness (QED) is 0.910. The van der Waals surface area contributed by atoms with Crippen molar-refractivity contribution in [2.45, 2.75) is 13.5 Å². The summed E-state index contributed by atoms with van der Waals surface area (Å²) in [5, 5.41) is 13.8. The van der Waals surface area contributed by atoms with Crippen LogP contribution in [0.3, 0.4) is 0 Å². The summed E-state index contributed by atoms with van der Waals surface area (Å²) in [5.41, 5.74) is 1.19. The second-order valence-electron chi connectivity index (χ2n) is 4.05. The Hall–Kier alpha value is -1.92. The number of thiazole rings is 1. The number of carbonyl (C=O) groups is 2. The van der Waals surface area contributed by atoms with Crippen LogP contribution in [0.2, 0.25) is 5.02 Å². The number of rotatable bonds is 4. The Labute approximate surface area is 124 Å². The SMILES string of the molecule is Cc1cccc(C(=O)NCc2nc(C(=O)O)cs2)c1Cl. The fourth-order valence-corrected chi connectivity index (χ4v) is 2.48. The number of benzene rings is 1. The van der Waals surface area contributed by atoms with Crippen LogP contribution >= 0.6 is 22.9 Å². The van der Waals surface area contributed by atoms with E-state index in [0.717, 1.165) is 5.56 Å². The van der Waals surface area contributed by atoms with E-state index < -0.39 is 5.97 Å². The summed E-state index contributed by atoms with van der Waals surface area (Å²) >= 11 is 7.25. The Kier molecular flexibility index (Phi) is 4.36. The minimum Gasteiger partial charge on any atom is -0.476 e. The minimum absolute atomic E-state index is 0.0205. The third-order valence-electron chi connectivity index (χ3n) is 2.61. The molecule has 2 N–H and O–H groups in total. The summed E-state index contributed by atoms with van der Waals surface area (Å²) < 4.78 is 0. The van der Waals surface area contributed by atoms with Crippen LogP contribution in [-0.2, 0) is 6.54 Å². The molecule has 0 aliphatic carbocycles. The van der Waals surface area contributed by atoms with Gasteiger partial charge in [0.25, 0.3) is 5.91 Å². The van der Waals surface area contributed by atoms with Gasteiger partial charge in [-0.3, -0.25) is 4.79 Å². The molecule has 20 heavy (non-hydrogen) atoms. The van der Waals surface area contributed by atoms with Gasteiger partial charge < -0.3 is 10.4 Å². The van der Waals surface area contributed by atoms with Gasteiger partial charge in [-0.2, -0.15) is 0 Å². The van der Waals surface area contributed by atoms with Gasteiger partial charge >= 0.3 is 5.97 Å². The molecule has 2 aromatic rings. The largest absolute Gasteiger partial charge is 0.476 e. The Morgan fingerprint density at radius 3 is 2.85 bits per heavy atom. The molecule has 0 fully saturated rings. The fraction of sp³-hybridized carbons (Fsp3) is 0.154. The van der Waals surface area contributed by atoms with Gasteiger partial charge in [-0.25, -0.2) is 9.78 Å². The van der Waals surface area contributed by atoms with E-state index in [9.17, 15) is 9.59 Å². The molecular formula is C13H11ClN2O3S. The summed E-state index contributed by atoms with van der Waals surface area (Å²) in [4.78, 5) is 26.6. The van der Waals surface area contributed by atoms with Crippen molar-refractivity contribution in [1.29, 1.82) is 0 Å². The topological polar surface area (TPSA) is 79.3 Å². The number of aryl methyl sites for hydroxylation is 1. The lowest BCUT2D eigenvalue weighted by atomic mass is 10.1. The van der Waals surface area contributed by atoms with E-state index in [-0.39, 0.29) is 18.1 Å². The number of aromatic carboxylic acids is 1. The molecule has 1 amide bonds. The average molecular weight is 311 g/mol. The first kappa shape index (κ1) is 14.5. The highest BCUT2D eigenvalue weighted by Crippen LogP contribution is 2.20. The summed E-state index contributed by atoms with van der Waals surface area (Å²) in [6.45, 7) is 1.99. The first-order valence-corrected chi connectivity index (χ1v) is 6.96. The van der Waals surface area contributed by atoms with Crippen molar-refractivity contribution in [1.82, 2.24) is 10.3 Å². The molecule has 0 aliphatic heterocycles. The zero-order valence-corrected chi connectivity index (χ0v) is 12.1. The molecule has 0 spiro atoms. The van der Waals surface area contributed by atoms with Crippen LogP contribution in [-0.4, -0.2) is 22.0 Å². The molecule has 0 unspecified atom stereocenters. The number of carboxylic acid groups (broad SMARTS) is 1. The first-order valence-electron chi connectivity index (χ1n) is 5.70. The predicted molar refractivity (Wildman–Crippen MR) is 76.4 cm³/mol. The monoisotopic (exact) mass is 310 g/mol. The maximum absolute atomic E-state index is 12.0. The third kappa shape index (κ3) is 3.15. The van der Waals surface area contributed by atoms with Crippen LogP contribution in [0.1, 0.15) is 31.4 Å². The molecule has 1 aromatic carbocycles. The standard InChI is InChI=1S/C13H11ClN2O3S/c1-7-3-2-4-8(11(7)14)12(17)15-5-10-16-9(6-20-10)13(18)19/h2-4,6H,5H2,1H3,(H,15,17)(H,18,19). The smallest absolute Gasteiger partial charge is 0.355 e. The molecule has 0 saturated carbocycles. The van der Waals surface area contributed by atoms with E-state index in [1.807, 2.05) is 13.0 Å². The zero-order chi connectivity index (χ0) is 14.7. The van der Waals surface area contributed by atoms with Gasteiger partial charge in [-0.15, -0.1) is 11.3 Å². The van der Waals surface area contributed by atoms with Gasteiger partial charge in [-0.1, -0.05) is 23.7 Å². The van der Waals surface area contributed by atoms with Gasteiger partial charge in [0.15, 0.2) is 5.69 Å². The van der Waals surface area contributed by atoms with E-state index in [2.05, 4.69) is 10.3 Å². The highest BCUT2D eigenvalue weighted by atomic mass is 35.5. The Morgan fingerprint density at radius 1 is 1.45 bits per heavy atom. The van der Waals surface area contributed by atoms with E-state index in [1.165, 1.54) is 16.7 Å². The second-order valence-corrected chi connectivity index (χ2v) is 5.37. The van der Waals surface area contributed by atoms with Crippen LogP contribution in [0.25, 0.3) is 0 Å². The van der Waals surface area contributed by atoms with Crippen LogP contribution in [0.5, 0.6) is 0 Å². The van der Waals surface area contributed by atoms with Crippen molar-refractivity contribution in [3.63, 3.8) is 0 Å². The summed E-state index contributed by atoms with van der Waals surface area (Å²) in [6, 6.07) is 5.20. The summed E-state index contributed by atoms with van der Waals surface area (Å²) in [7, 11) is 0. The fourth-order valence-electron chi connectivity index (χ4n) is 1.56. The number of amides is 1. The van der Waals surface area contributed by atoms with Crippen LogP contribution < -0.4 is 5.32 Å². The van der Waals surface area contributed by atoms with Crippen molar-refractivity contribution in [2.75, 3.05) is 0 Å². The third-order valence-corrected chi connectivity index (χ3v) is 3.96. The summed E-state index contributed by atoms with van der Waals surface area (Å²) in [5.74, 6) is -1.40. The number of halogens is 1. The van der Waals surface area contributed by atoms with Gasteiger partial charge in [0.2, 0.25) is 0 Å². The molecule has 1 aromatic heterocycles. The predicted octanol–water partition coefficient (Wildman–Crippen LogP) is 2.73. The van der Waals surface area contributed by atoms with Crippen molar-refractivity contribution in [3.05, 3.63) is 50.4 Å². The Balaban J connectivity index is 2.05. The molecule has 0 bridgehead atoms. The lowest BCUT2D eigenvalue weighted by Crippen LogP contribution is -2.23. The molecule has 7 heteroatoms. The van der Waals surface area contributed by atoms with Gasteiger partial charge in [-0.05, 0) is 18.6 Å². The normalized spacial score (nSPS) is 10.3. The van der Waals surface area contributed by atoms with E-state index in [0.29, 0.717) is 15.6 Å². The number of carboxylic acids is 1. The lowest BCUT2D eigenvalue weighted by molar-refractivity contribution is 0.0691. The molecular weight excluding hydrogens is 300 g/mol. The second kappa shape index (κ2) is 6.02. The lowest BCUT2D eigenvalue weighted by Gasteiger charge is -2.06. The maximum atomic E-state index is 12.0. The van der Waals surface area contributed by atoms with Crippen LogP contribution in [0, 0.1) is 6.92 Å². The average Bonchev–Trinajstić information content (AvgIpc) is 2.88. The van der Waals surface area contributed by atoms with E-state index >= 15 is 0 Å². The Bertz CT molecular complexity index is 669. The van der Waals surface area contributed by atoms with Crippen LogP contribution in [0.15, 0.2) is 23.6 Å². The molecule has 5 nitrogen and oxygen atoms in total. The van der Waals surface area contributed by atoms with E-state index in [4.69, 9.17) is 16.7 Å². The molecule has 2 rings (SSSR count). The minimum atomic E-state index is -1.08. The van der Waals surface area contributed by atoms with Crippen molar-refractivity contribution in [2.24, 2.45) is 0 Å². The number of carbonyl (C=O) groups excluding carboxylic acids is 1. The molecule has 0 saturated heterocycles. The number of nitrogens with one attached hydrogen (secondary N) is 1. The molecule has 104 valence electrons. The Morgan fingerprint density at radius 2 is 2.20 bits per heavy atom. The highest BCUT2D eigenvalue weighted by molar-refractivity contribution is 7.09. The molecule has 1 heterocycles. The number of nitrogens with zero attached hydrogens (tertiary/aromatic N) is 1. The van der Waals surface area contributed by atoms with Crippen molar-refractivity contribution < 1.29 is 14.7 Å².